The molecule has 21 heavy (non-hydrogen) atoms. The molecule has 1 aromatic rings. The number of para-hydroxylation sites is 1. The minimum absolute atomic E-state index is 0.0644. The van der Waals surface area contributed by atoms with Gasteiger partial charge in [-0.1, -0.05) is 31.5 Å². The molecule has 0 saturated heterocycles. The van der Waals surface area contributed by atoms with Crippen LogP contribution in [0.15, 0.2) is 30.3 Å². The standard InChI is InChI=1S/C8H18O3.C8H10O2/c1-2-3-5-10-7-8-11-6-4-9;9-6-7-10-8-4-2-1-3-5-8/h9H,2-8H2,1H3;1-5,9H,6-7H2. The van der Waals surface area contributed by atoms with Gasteiger partial charge in [0.1, 0.15) is 12.4 Å². The van der Waals surface area contributed by atoms with Crippen LogP contribution >= 0.6 is 0 Å². The van der Waals surface area contributed by atoms with Crippen molar-refractivity contribution in [1.29, 1.82) is 0 Å². The van der Waals surface area contributed by atoms with Crippen LogP contribution in [-0.2, 0) is 9.47 Å². The molecule has 1 aromatic carbocycles. The maximum Gasteiger partial charge on any atom is 0.119 e. The Kier molecular flexibility index (Phi) is 16.0. The van der Waals surface area contributed by atoms with E-state index in [1.54, 1.807) is 0 Å². The molecule has 0 radical (unpaired) electrons. The van der Waals surface area contributed by atoms with Gasteiger partial charge >= 0.3 is 0 Å². The molecule has 0 aliphatic carbocycles. The molecule has 0 heterocycles. The second kappa shape index (κ2) is 16.9. The first-order valence-corrected chi connectivity index (χ1v) is 7.40. The summed E-state index contributed by atoms with van der Waals surface area (Å²) in [6, 6.07) is 9.43. The van der Waals surface area contributed by atoms with Crippen LogP contribution in [0.3, 0.4) is 0 Å². The Labute approximate surface area is 127 Å². The molecular formula is C16H28O5. The topological polar surface area (TPSA) is 68.2 Å². The van der Waals surface area contributed by atoms with Gasteiger partial charge in [0.25, 0.3) is 0 Å². The maximum absolute atomic E-state index is 8.40. The summed E-state index contributed by atoms with van der Waals surface area (Å²) in [6.45, 7) is 5.11. The number of benzene rings is 1. The lowest BCUT2D eigenvalue weighted by Gasteiger charge is -2.02. The van der Waals surface area contributed by atoms with Crippen molar-refractivity contribution in [1.82, 2.24) is 0 Å². The zero-order chi connectivity index (χ0) is 15.6. The van der Waals surface area contributed by atoms with Gasteiger partial charge < -0.3 is 24.4 Å². The summed E-state index contributed by atoms with van der Waals surface area (Å²) in [5.74, 6) is 0.802. The average Bonchev–Trinajstić information content (AvgIpc) is 2.54. The van der Waals surface area contributed by atoms with Crippen LogP contribution in [0.25, 0.3) is 0 Å². The van der Waals surface area contributed by atoms with Crippen molar-refractivity contribution in [3.63, 3.8) is 0 Å². The number of hydrogen-bond acceptors (Lipinski definition) is 5. The highest BCUT2D eigenvalue weighted by Crippen LogP contribution is 2.07. The van der Waals surface area contributed by atoms with E-state index in [2.05, 4.69) is 6.92 Å². The fourth-order valence-electron chi connectivity index (χ4n) is 1.31. The smallest absolute Gasteiger partial charge is 0.119 e. The first-order chi connectivity index (χ1) is 10.3. The molecule has 0 spiro atoms. The second-order valence-corrected chi connectivity index (χ2v) is 4.19. The summed E-state index contributed by atoms with van der Waals surface area (Å²) in [6.07, 6.45) is 2.28. The van der Waals surface area contributed by atoms with Crippen molar-refractivity contribution in [2.24, 2.45) is 0 Å². The summed E-state index contributed by atoms with van der Waals surface area (Å²) in [5.41, 5.74) is 0. The lowest BCUT2D eigenvalue weighted by Crippen LogP contribution is -2.07. The molecule has 5 heteroatoms. The third-order valence-electron chi connectivity index (χ3n) is 2.35. The van der Waals surface area contributed by atoms with Crippen LogP contribution in [-0.4, -0.2) is 56.5 Å². The van der Waals surface area contributed by atoms with Gasteiger partial charge in [-0.3, -0.25) is 0 Å². The molecule has 122 valence electrons. The van der Waals surface area contributed by atoms with Gasteiger partial charge in [-0.05, 0) is 18.6 Å². The van der Waals surface area contributed by atoms with E-state index in [0.29, 0.717) is 26.4 Å². The van der Waals surface area contributed by atoms with Crippen LogP contribution in [0, 0.1) is 0 Å². The van der Waals surface area contributed by atoms with Gasteiger partial charge in [-0.25, -0.2) is 0 Å². The van der Waals surface area contributed by atoms with Crippen LogP contribution < -0.4 is 4.74 Å². The normalized spacial score (nSPS) is 9.86. The summed E-state index contributed by atoms with van der Waals surface area (Å²) < 4.78 is 15.3. The highest BCUT2D eigenvalue weighted by Gasteiger charge is 1.88. The maximum atomic E-state index is 8.40. The molecule has 0 aliphatic rings. The molecule has 2 N–H and O–H groups in total. The van der Waals surface area contributed by atoms with Gasteiger partial charge in [0.05, 0.1) is 33.0 Å². The Balaban J connectivity index is 0.000000382. The molecule has 0 aromatic heterocycles. The third kappa shape index (κ3) is 15.1. The fourth-order valence-corrected chi connectivity index (χ4v) is 1.31. The molecule has 0 atom stereocenters. The van der Waals surface area contributed by atoms with Crippen LogP contribution in [0.5, 0.6) is 5.75 Å². The second-order valence-electron chi connectivity index (χ2n) is 4.19. The van der Waals surface area contributed by atoms with Crippen molar-refractivity contribution in [3.8, 4) is 5.75 Å². The zero-order valence-electron chi connectivity index (χ0n) is 12.9. The van der Waals surface area contributed by atoms with Crippen molar-refractivity contribution in [2.75, 3.05) is 46.2 Å². The first kappa shape index (κ1) is 19.9. The number of hydrogen-bond donors (Lipinski definition) is 2. The van der Waals surface area contributed by atoms with Gasteiger partial charge in [0.2, 0.25) is 0 Å². The third-order valence-corrected chi connectivity index (χ3v) is 2.35. The highest BCUT2D eigenvalue weighted by atomic mass is 16.5. The number of aliphatic hydroxyl groups is 2. The van der Waals surface area contributed by atoms with E-state index >= 15 is 0 Å². The van der Waals surface area contributed by atoms with Crippen molar-refractivity contribution < 1.29 is 24.4 Å². The van der Waals surface area contributed by atoms with Crippen molar-refractivity contribution in [3.05, 3.63) is 30.3 Å². The molecule has 0 fully saturated rings. The molecule has 0 aliphatic heterocycles. The summed E-state index contributed by atoms with van der Waals surface area (Å²) in [7, 11) is 0. The quantitative estimate of drug-likeness (QED) is 0.611. The Morgan fingerprint density at radius 2 is 1.43 bits per heavy atom. The molecule has 0 unspecified atom stereocenters. The Morgan fingerprint density at radius 3 is 2.00 bits per heavy atom. The summed E-state index contributed by atoms with van der Waals surface area (Å²) in [5, 5.41) is 16.7. The van der Waals surface area contributed by atoms with E-state index in [1.807, 2.05) is 30.3 Å². The van der Waals surface area contributed by atoms with E-state index in [1.165, 1.54) is 0 Å². The molecule has 0 bridgehead atoms. The molecule has 0 amide bonds. The molecule has 0 saturated carbocycles. The van der Waals surface area contributed by atoms with Crippen LogP contribution in [0.1, 0.15) is 19.8 Å². The number of aliphatic hydroxyl groups excluding tert-OH is 2. The lowest BCUT2D eigenvalue weighted by atomic mass is 10.3. The highest BCUT2D eigenvalue weighted by molar-refractivity contribution is 5.20. The zero-order valence-corrected chi connectivity index (χ0v) is 12.9. The average molecular weight is 300 g/mol. The SMILES string of the molecule is CCCCOCCOCCO.OCCOc1ccccc1. The monoisotopic (exact) mass is 300 g/mol. The van der Waals surface area contributed by atoms with Crippen LogP contribution in [0.4, 0.5) is 0 Å². The minimum atomic E-state index is 0.0644. The van der Waals surface area contributed by atoms with Gasteiger partial charge in [-0.2, -0.15) is 0 Å². The van der Waals surface area contributed by atoms with E-state index in [4.69, 9.17) is 24.4 Å². The molecule has 1 rings (SSSR count). The van der Waals surface area contributed by atoms with E-state index in [0.717, 1.165) is 25.2 Å². The first-order valence-electron chi connectivity index (χ1n) is 7.40. The predicted octanol–water partition coefficient (Wildman–Crippen LogP) is 1.87. The van der Waals surface area contributed by atoms with Gasteiger partial charge in [0, 0.05) is 6.61 Å². The number of unbranched alkanes of at least 4 members (excludes halogenated alkanes) is 1. The van der Waals surface area contributed by atoms with Crippen molar-refractivity contribution >= 4 is 0 Å². The van der Waals surface area contributed by atoms with Crippen LogP contribution in [0.2, 0.25) is 0 Å². The Bertz CT molecular complexity index is 284. The largest absolute Gasteiger partial charge is 0.491 e. The summed E-state index contributed by atoms with van der Waals surface area (Å²) in [4.78, 5) is 0. The molecule has 5 nitrogen and oxygen atoms in total. The molecular weight excluding hydrogens is 272 g/mol. The number of rotatable bonds is 11. The van der Waals surface area contributed by atoms with E-state index in [9.17, 15) is 0 Å². The van der Waals surface area contributed by atoms with Gasteiger partial charge in [-0.15, -0.1) is 0 Å². The van der Waals surface area contributed by atoms with Crippen molar-refractivity contribution in [2.45, 2.75) is 19.8 Å². The Hall–Kier alpha value is -1.14. The summed E-state index contributed by atoms with van der Waals surface area (Å²) >= 11 is 0. The van der Waals surface area contributed by atoms with E-state index in [-0.39, 0.29) is 13.2 Å². The lowest BCUT2D eigenvalue weighted by molar-refractivity contribution is 0.0324. The predicted molar refractivity (Wildman–Crippen MR) is 82.7 cm³/mol. The minimum Gasteiger partial charge on any atom is -0.491 e. The fraction of sp³-hybridized carbons (Fsp3) is 0.625. The van der Waals surface area contributed by atoms with Gasteiger partial charge in [0.15, 0.2) is 0 Å². The van der Waals surface area contributed by atoms with E-state index < -0.39 is 0 Å². The Morgan fingerprint density at radius 1 is 0.810 bits per heavy atom. The number of ether oxygens (including phenoxy) is 3.